The third-order valence-electron chi connectivity index (χ3n) is 3.68. The third kappa shape index (κ3) is 2.65. The van der Waals surface area contributed by atoms with Crippen molar-refractivity contribution in [1.29, 1.82) is 0 Å². The van der Waals surface area contributed by atoms with E-state index in [2.05, 4.69) is 0 Å². The molecule has 0 radical (unpaired) electrons. The summed E-state index contributed by atoms with van der Waals surface area (Å²) in [5.74, 6) is -2.47. The van der Waals surface area contributed by atoms with Crippen molar-refractivity contribution in [2.24, 2.45) is 0 Å². The summed E-state index contributed by atoms with van der Waals surface area (Å²) >= 11 is 0. The fraction of sp³-hybridized carbons (Fsp3) is 0.176. The summed E-state index contributed by atoms with van der Waals surface area (Å²) in [4.78, 5) is 22.8. The number of carboxylic acid groups (broad SMARTS) is 2. The molecule has 0 atom stereocenters. The lowest BCUT2D eigenvalue weighted by Gasteiger charge is -2.28. The van der Waals surface area contributed by atoms with E-state index in [1.165, 1.54) is 6.07 Å². The molecule has 2 rings (SSSR count). The number of carbonyl (C=O) groups is 2. The molecule has 4 heteroatoms. The molecule has 0 aromatic heterocycles. The Morgan fingerprint density at radius 1 is 0.857 bits per heavy atom. The SMILES string of the molecule is CC(C)(c1ccccc1)c1cccc(C(=O)O)c1C(=O)O. The van der Waals surface area contributed by atoms with E-state index in [1.807, 2.05) is 44.2 Å². The first-order valence-electron chi connectivity index (χ1n) is 6.51. The van der Waals surface area contributed by atoms with Crippen molar-refractivity contribution in [1.82, 2.24) is 0 Å². The molecule has 0 saturated carbocycles. The van der Waals surface area contributed by atoms with Crippen molar-refractivity contribution in [2.75, 3.05) is 0 Å². The van der Waals surface area contributed by atoms with Crippen LogP contribution in [0.2, 0.25) is 0 Å². The molecule has 0 spiro atoms. The Balaban J connectivity index is 2.72. The molecular formula is C17H16O4. The van der Waals surface area contributed by atoms with Crippen molar-refractivity contribution in [3.8, 4) is 0 Å². The molecule has 0 heterocycles. The van der Waals surface area contributed by atoms with E-state index in [0.717, 1.165) is 5.56 Å². The highest BCUT2D eigenvalue weighted by atomic mass is 16.4. The van der Waals surface area contributed by atoms with Gasteiger partial charge < -0.3 is 10.2 Å². The molecule has 0 amide bonds. The Morgan fingerprint density at radius 3 is 2.00 bits per heavy atom. The maximum Gasteiger partial charge on any atom is 0.336 e. The zero-order valence-corrected chi connectivity index (χ0v) is 11.8. The maximum atomic E-state index is 11.6. The number of carboxylic acids is 2. The van der Waals surface area contributed by atoms with Crippen LogP contribution in [0, 0.1) is 0 Å². The van der Waals surface area contributed by atoms with Crippen molar-refractivity contribution in [3.05, 3.63) is 70.8 Å². The van der Waals surface area contributed by atoms with Crippen LogP contribution in [0.4, 0.5) is 0 Å². The van der Waals surface area contributed by atoms with Crippen molar-refractivity contribution >= 4 is 11.9 Å². The molecule has 2 N–H and O–H groups in total. The highest BCUT2D eigenvalue weighted by Crippen LogP contribution is 2.34. The summed E-state index contributed by atoms with van der Waals surface area (Å²) in [7, 11) is 0. The number of hydrogen-bond acceptors (Lipinski definition) is 2. The summed E-state index contributed by atoms with van der Waals surface area (Å²) in [6.45, 7) is 3.77. The molecule has 0 aliphatic rings. The standard InChI is InChI=1S/C17H16O4/c1-17(2,11-7-4-3-5-8-11)13-10-6-9-12(15(18)19)14(13)16(20)21/h3-10H,1-2H3,(H,18,19)(H,20,21). The fourth-order valence-corrected chi connectivity index (χ4v) is 2.49. The van der Waals surface area contributed by atoms with Crippen LogP contribution in [-0.4, -0.2) is 22.2 Å². The molecule has 0 aliphatic heterocycles. The van der Waals surface area contributed by atoms with Gasteiger partial charge in [0.15, 0.2) is 0 Å². The maximum absolute atomic E-state index is 11.6. The molecule has 2 aromatic rings. The van der Waals surface area contributed by atoms with Crippen LogP contribution < -0.4 is 0 Å². The first-order chi connectivity index (χ1) is 9.85. The van der Waals surface area contributed by atoms with Gasteiger partial charge in [0.2, 0.25) is 0 Å². The molecule has 21 heavy (non-hydrogen) atoms. The number of rotatable bonds is 4. The summed E-state index contributed by atoms with van der Waals surface area (Å²) < 4.78 is 0. The fourth-order valence-electron chi connectivity index (χ4n) is 2.49. The van der Waals surface area contributed by atoms with Crippen LogP contribution >= 0.6 is 0 Å². The molecule has 108 valence electrons. The lowest BCUT2D eigenvalue weighted by molar-refractivity contribution is 0.0649. The minimum absolute atomic E-state index is 0.154. The van der Waals surface area contributed by atoms with Gasteiger partial charge in [-0.1, -0.05) is 56.3 Å². The van der Waals surface area contributed by atoms with Crippen LogP contribution in [0.3, 0.4) is 0 Å². The molecule has 0 bridgehead atoms. The second-order valence-corrected chi connectivity index (χ2v) is 5.33. The van der Waals surface area contributed by atoms with Gasteiger partial charge in [-0.05, 0) is 17.2 Å². The van der Waals surface area contributed by atoms with Gasteiger partial charge in [-0.2, -0.15) is 0 Å². The van der Waals surface area contributed by atoms with Crippen molar-refractivity contribution in [2.45, 2.75) is 19.3 Å². The zero-order chi connectivity index (χ0) is 15.6. The Kier molecular flexibility index (Phi) is 3.80. The van der Waals surface area contributed by atoms with Crippen molar-refractivity contribution < 1.29 is 19.8 Å². The molecule has 4 nitrogen and oxygen atoms in total. The number of hydrogen-bond donors (Lipinski definition) is 2. The molecule has 0 saturated heterocycles. The van der Waals surface area contributed by atoms with E-state index < -0.39 is 17.4 Å². The average molecular weight is 284 g/mol. The Bertz CT molecular complexity index is 687. The second kappa shape index (κ2) is 5.40. The molecule has 2 aromatic carbocycles. The normalized spacial score (nSPS) is 11.1. The number of aromatic carboxylic acids is 2. The van der Waals surface area contributed by atoms with E-state index in [-0.39, 0.29) is 11.1 Å². The predicted octanol–water partition coefficient (Wildman–Crippen LogP) is 3.41. The lowest BCUT2D eigenvalue weighted by Crippen LogP contribution is -2.24. The van der Waals surface area contributed by atoms with Crippen LogP contribution in [-0.2, 0) is 5.41 Å². The Morgan fingerprint density at radius 2 is 1.48 bits per heavy atom. The first-order valence-corrected chi connectivity index (χ1v) is 6.51. The third-order valence-corrected chi connectivity index (χ3v) is 3.68. The van der Waals surface area contributed by atoms with Gasteiger partial charge in [-0.15, -0.1) is 0 Å². The number of benzene rings is 2. The van der Waals surface area contributed by atoms with E-state index >= 15 is 0 Å². The second-order valence-electron chi connectivity index (χ2n) is 5.33. The minimum atomic E-state index is -1.24. The van der Waals surface area contributed by atoms with Gasteiger partial charge in [0, 0.05) is 5.41 Å². The minimum Gasteiger partial charge on any atom is -0.478 e. The highest BCUT2D eigenvalue weighted by Gasteiger charge is 2.30. The van der Waals surface area contributed by atoms with E-state index in [0.29, 0.717) is 5.56 Å². The summed E-state index contributed by atoms with van der Waals surface area (Å²) in [5, 5.41) is 18.7. The molecule has 0 unspecified atom stereocenters. The molecule has 0 aliphatic carbocycles. The average Bonchev–Trinajstić information content (AvgIpc) is 2.47. The molecule has 0 fully saturated rings. The zero-order valence-electron chi connectivity index (χ0n) is 11.8. The van der Waals surface area contributed by atoms with Gasteiger partial charge in [0.05, 0.1) is 11.1 Å². The van der Waals surface area contributed by atoms with Gasteiger partial charge in [0.25, 0.3) is 0 Å². The highest BCUT2D eigenvalue weighted by molar-refractivity contribution is 6.03. The van der Waals surface area contributed by atoms with Gasteiger partial charge in [-0.3, -0.25) is 0 Å². The van der Waals surface area contributed by atoms with Crippen LogP contribution in [0.15, 0.2) is 48.5 Å². The van der Waals surface area contributed by atoms with E-state index in [9.17, 15) is 19.8 Å². The summed E-state index contributed by atoms with van der Waals surface area (Å²) in [6, 6.07) is 14.0. The smallest absolute Gasteiger partial charge is 0.336 e. The summed E-state index contributed by atoms with van der Waals surface area (Å²) in [6.07, 6.45) is 0. The predicted molar refractivity (Wildman–Crippen MR) is 78.9 cm³/mol. The molecular weight excluding hydrogens is 268 g/mol. The summed E-state index contributed by atoms with van der Waals surface area (Å²) in [5.41, 5.74) is 0.458. The van der Waals surface area contributed by atoms with Crippen LogP contribution in [0.25, 0.3) is 0 Å². The largest absolute Gasteiger partial charge is 0.478 e. The van der Waals surface area contributed by atoms with E-state index in [4.69, 9.17) is 0 Å². The van der Waals surface area contributed by atoms with Gasteiger partial charge in [-0.25, -0.2) is 9.59 Å². The first kappa shape index (κ1) is 14.8. The lowest BCUT2D eigenvalue weighted by atomic mass is 9.75. The quantitative estimate of drug-likeness (QED) is 0.902. The van der Waals surface area contributed by atoms with Gasteiger partial charge in [0.1, 0.15) is 0 Å². The van der Waals surface area contributed by atoms with Gasteiger partial charge >= 0.3 is 11.9 Å². The topological polar surface area (TPSA) is 74.6 Å². The van der Waals surface area contributed by atoms with Crippen LogP contribution in [0.1, 0.15) is 45.7 Å². The monoisotopic (exact) mass is 284 g/mol. The van der Waals surface area contributed by atoms with Crippen molar-refractivity contribution in [3.63, 3.8) is 0 Å². The Hall–Kier alpha value is -2.62. The van der Waals surface area contributed by atoms with Crippen LogP contribution in [0.5, 0.6) is 0 Å². The van der Waals surface area contributed by atoms with E-state index in [1.54, 1.807) is 12.1 Å². The Labute approximate surface area is 122 Å².